The van der Waals surface area contributed by atoms with Crippen LogP contribution in [-0.4, -0.2) is 46.8 Å². The minimum atomic E-state index is -4.68. The lowest BCUT2D eigenvalue weighted by Gasteiger charge is -2.38. The highest BCUT2D eigenvalue weighted by Gasteiger charge is 2.43. The first-order chi connectivity index (χ1) is 12.9. The van der Waals surface area contributed by atoms with Crippen LogP contribution in [0.4, 0.5) is 13.2 Å². The molecule has 27 heavy (non-hydrogen) atoms. The van der Waals surface area contributed by atoms with Gasteiger partial charge in [-0.05, 0) is 43.4 Å². The Labute approximate surface area is 155 Å². The summed E-state index contributed by atoms with van der Waals surface area (Å²) in [7, 11) is 0. The van der Waals surface area contributed by atoms with Crippen LogP contribution in [0.5, 0.6) is 0 Å². The van der Waals surface area contributed by atoms with Gasteiger partial charge in [0.2, 0.25) is 0 Å². The molecule has 2 saturated heterocycles. The Morgan fingerprint density at radius 1 is 1.11 bits per heavy atom. The number of hydrogen-bond donors (Lipinski definition) is 1. The Hall–Kier alpha value is -2.35. The number of halogens is 3. The second-order valence-corrected chi connectivity index (χ2v) is 7.37. The average Bonchev–Trinajstić information content (AvgIpc) is 3.30. The van der Waals surface area contributed by atoms with E-state index in [1.54, 1.807) is 18.2 Å². The van der Waals surface area contributed by atoms with Crippen LogP contribution in [0.1, 0.15) is 35.3 Å². The highest BCUT2D eigenvalue weighted by molar-refractivity contribution is 5.95. The molecule has 1 aromatic carbocycles. The molecule has 1 spiro atoms. The largest absolute Gasteiger partial charge is 0.434 e. The van der Waals surface area contributed by atoms with Gasteiger partial charge in [-0.3, -0.25) is 4.79 Å². The SMILES string of the molecule is O=C(c1cnn(-c2ccccc2)c1C(F)(F)F)N1CCC2(CCNC2)CC1. The quantitative estimate of drug-likeness (QED) is 0.874. The predicted octanol–water partition coefficient (Wildman–Crippen LogP) is 3.11. The van der Waals surface area contributed by atoms with Gasteiger partial charge < -0.3 is 10.2 Å². The van der Waals surface area contributed by atoms with Gasteiger partial charge in [-0.1, -0.05) is 18.2 Å². The van der Waals surface area contributed by atoms with Gasteiger partial charge in [-0.25, -0.2) is 4.68 Å². The number of aromatic nitrogens is 2. The molecule has 5 nitrogen and oxygen atoms in total. The summed E-state index contributed by atoms with van der Waals surface area (Å²) in [5.74, 6) is -0.592. The first kappa shape index (κ1) is 18.0. The first-order valence-corrected chi connectivity index (χ1v) is 9.10. The molecule has 0 saturated carbocycles. The van der Waals surface area contributed by atoms with E-state index in [0.717, 1.165) is 43.2 Å². The summed E-state index contributed by atoms with van der Waals surface area (Å²) in [5.41, 5.74) is -0.926. The molecule has 2 aliphatic heterocycles. The normalized spacial score (nSPS) is 19.6. The molecule has 1 amide bonds. The third-order valence-electron chi connectivity index (χ3n) is 5.71. The van der Waals surface area contributed by atoms with Crippen LogP contribution >= 0.6 is 0 Å². The molecule has 1 N–H and O–H groups in total. The van der Waals surface area contributed by atoms with Crippen molar-refractivity contribution in [2.75, 3.05) is 26.2 Å². The minimum Gasteiger partial charge on any atom is -0.338 e. The molecule has 2 aromatic rings. The highest BCUT2D eigenvalue weighted by atomic mass is 19.4. The molecule has 2 fully saturated rings. The number of piperidine rings is 1. The number of carbonyl (C=O) groups excluding carboxylic acids is 1. The van der Waals surface area contributed by atoms with Gasteiger partial charge in [0.25, 0.3) is 5.91 Å². The minimum absolute atomic E-state index is 0.192. The molecular weight excluding hydrogens is 357 g/mol. The van der Waals surface area contributed by atoms with Crippen LogP contribution in [0.2, 0.25) is 0 Å². The fraction of sp³-hybridized carbons (Fsp3) is 0.474. The van der Waals surface area contributed by atoms with Gasteiger partial charge in [0.1, 0.15) is 0 Å². The number of nitrogens with one attached hydrogen (secondary N) is 1. The third kappa shape index (κ3) is 3.34. The Balaban J connectivity index is 1.62. The fourth-order valence-corrected chi connectivity index (χ4v) is 4.12. The van der Waals surface area contributed by atoms with E-state index >= 15 is 0 Å². The lowest BCUT2D eigenvalue weighted by atomic mass is 9.78. The average molecular weight is 378 g/mol. The van der Waals surface area contributed by atoms with Crippen molar-refractivity contribution in [3.05, 3.63) is 47.8 Å². The summed E-state index contributed by atoms with van der Waals surface area (Å²) >= 11 is 0. The van der Waals surface area contributed by atoms with Crippen molar-refractivity contribution in [2.45, 2.75) is 25.4 Å². The molecular formula is C19H21F3N4O. The van der Waals surface area contributed by atoms with E-state index in [0.29, 0.717) is 13.1 Å². The summed E-state index contributed by atoms with van der Waals surface area (Å²) in [6.45, 7) is 2.85. The number of likely N-dealkylation sites (tertiary alicyclic amines) is 1. The number of alkyl halides is 3. The van der Waals surface area contributed by atoms with Gasteiger partial charge in [-0.15, -0.1) is 0 Å². The number of nitrogens with zero attached hydrogens (tertiary/aromatic N) is 3. The molecule has 0 bridgehead atoms. The second kappa shape index (κ2) is 6.67. The predicted molar refractivity (Wildman–Crippen MR) is 93.6 cm³/mol. The van der Waals surface area contributed by atoms with E-state index in [4.69, 9.17) is 0 Å². The molecule has 3 heterocycles. The molecule has 2 aliphatic rings. The lowest BCUT2D eigenvalue weighted by molar-refractivity contribution is -0.143. The first-order valence-electron chi connectivity index (χ1n) is 9.10. The zero-order chi connectivity index (χ0) is 19.1. The Bertz CT molecular complexity index is 815. The third-order valence-corrected chi connectivity index (χ3v) is 5.71. The van der Waals surface area contributed by atoms with Crippen LogP contribution in [0, 0.1) is 5.41 Å². The zero-order valence-electron chi connectivity index (χ0n) is 14.8. The van der Waals surface area contributed by atoms with Crippen LogP contribution in [0.25, 0.3) is 5.69 Å². The number of amides is 1. The topological polar surface area (TPSA) is 50.2 Å². The van der Waals surface area contributed by atoms with Gasteiger partial charge in [0, 0.05) is 19.6 Å². The summed E-state index contributed by atoms with van der Waals surface area (Å²) in [5, 5.41) is 7.22. The van der Waals surface area contributed by atoms with E-state index in [1.165, 1.54) is 17.0 Å². The summed E-state index contributed by atoms with van der Waals surface area (Å²) in [6.07, 6.45) is -0.933. The Morgan fingerprint density at radius 3 is 2.41 bits per heavy atom. The van der Waals surface area contributed by atoms with Crippen molar-refractivity contribution < 1.29 is 18.0 Å². The number of rotatable bonds is 2. The smallest absolute Gasteiger partial charge is 0.338 e. The van der Waals surface area contributed by atoms with Crippen molar-refractivity contribution >= 4 is 5.91 Å². The number of hydrogen-bond acceptors (Lipinski definition) is 3. The maximum absolute atomic E-state index is 13.8. The lowest BCUT2D eigenvalue weighted by Crippen LogP contribution is -2.44. The number of para-hydroxylation sites is 1. The van der Waals surface area contributed by atoms with E-state index in [1.807, 2.05) is 0 Å². The molecule has 0 aliphatic carbocycles. The zero-order valence-corrected chi connectivity index (χ0v) is 14.8. The summed E-state index contributed by atoms with van der Waals surface area (Å²) in [6, 6.07) is 8.06. The molecule has 0 unspecified atom stereocenters. The molecule has 1 aromatic heterocycles. The molecule has 4 rings (SSSR count). The number of benzene rings is 1. The standard InChI is InChI=1S/C19H21F3N4O/c20-19(21,22)16-15(12-24-26(16)14-4-2-1-3-5-14)17(27)25-10-7-18(8-11-25)6-9-23-13-18/h1-5,12,23H,6-11,13H2. The van der Waals surface area contributed by atoms with Crippen molar-refractivity contribution in [2.24, 2.45) is 5.41 Å². The van der Waals surface area contributed by atoms with E-state index in [2.05, 4.69) is 10.4 Å². The van der Waals surface area contributed by atoms with Gasteiger partial charge in [0.15, 0.2) is 5.69 Å². The van der Waals surface area contributed by atoms with Crippen LogP contribution in [0.15, 0.2) is 36.5 Å². The summed E-state index contributed by atoms with van der Waals surface area (Å²) < 4.78 is 42.1. The number of carbonyl (C=O) groups is 1. The monoisotopic (exact) mass is 378 g/mol. The molecule has 0 atom stereocenters. The molecule has 0 radical (unpaired) electrons. The second-order valence-electron chi connectivity index (χ2n) is 7.37. The van der Waals surface area contributed by atoms with Crippen LogP contribution in [0.3, 0.4) is 0 Å². The van der Waals surface area contributed by atoms with Gasteiger partial charge >= 0.3 is 6.18 Å². The molecule has 8 heteroatoms. The van der Waals surface area contributed by atoms with E-state index < -0.39 is 17.8 Å². The molecule has 144 valence electrons. The maximum Gasteiger partial charge on any atom is 0.434 e. The van der Waals surface area contributed by atoms with Crippen molar-refractivity contribution in [1.29, 1.82) is 0 Å². The van der Waals surface area contributed by atoms with Gasteiger partial charge in [0.05, 0.1) is 17.4 Å². The van der Waals surface area contributed by atoms with Crippen molar-refractivity contribution in [1.82, 2.24) is 20.0 Å². The Kier molecular flexibility index (Phi) is 4.46. The van der Waals surface area contributed by atoms with Gasteiger partial charge in [-0.2, -0.15) is 18.3 Å². The fourth-order valence-electron chi connectivity index (χ4n) is 4.12. The van der Waals surface area contributed by atoms with E-state index in [-0.39, 0.29) is 16.7 Å². The highest BCUT2D eigenvalue weighted by Crippen LogP contribution is 2.38. The Morgan fingerprint density at radius 2 is 1.81 bits per heavy atom. The van der Waals surface area contributed by atoms with Crippen molar-refractivity contribution in [3.63, 3.8) is 0 Å². The van der Waals surface area contributed by atoms with Crippen molar-refractivity contribution in [3.8, 4) is 5.69 Å². The van der Waals surface area contributed by atoms with Crippen LogP contribution in [-0.2, 0) is 6.18 Å². The summed E-state index contributed by atoms with van der Waals surface area (Å²) in [4.78, 5) is 14.4. The maximum atomic E-state index is 13.8. The van der Waals surface area contributed by atoms with E-state index in [9.17, 15) is 18.0 Å². The van der Waals surface area contributed by atoms with Crippen LogP contribution < -0.4 is 5.32 Å².